The van der Waals surface area contributed by atoms with Gasteiger partial charge in [-0.3, -0.25) is 4.79 Å². The lowest BCUT2D eigenvalue weighted by Crippen LogP contribution is -2.29. The third-order valence-electron chi connectivity index (χ3n) is 4.01. The Morgan fingerprint density at radius 3 is 2.78 bits per heavy atom. The van der Waals surface area contributed by atoms with E-state index in [1.807, 2.05) is 0 Å². The Bertz CT molecular complexity index is 802. The van der Waals surface area contributed by atoms with Crippen LogP contribution in [-0.4, -0.2) is 46.8 Å². The van der Waals surface area contributed by atoms with E-state index in [0.29, 0.717) is 0 Å². The molecule has 146 valence electrons. The highest BCUT2D eigenvalue weighted by molar-refractivity contribution is 6.03. The largest absolute Gasteiger partial charge is 0.482 e. The van der Waals surface area contributed by atoms with Gasteiger partial charge in [-0.2, -0.15) is 13.2 Å². The monoisotopic (exact) mass is 387 g/mol. The second kappa shape index (κ2) is 7.91. The van der Waals surface area contributed by atoms with E-state index in [0.717, 1.165) is 44.1 Å². The molecule has 2 aromatic rings. The molecule has 11 heteroatoms. The fraction of sp³-hybridized carbons (Fsp3) is 0.438. The predicted octanol–water partition coefficient (Wildman–Crippen LogP) is 2.54. The number of anilines is 1. The summed E-state index contributed by atoms with van der Waals surface area (Å²) in [5.41, 5.74) is -0.0957. The SMILES string of the molecule is O=C(Nc1ccc(F)cc1OCC(F)(F)F)c1cn(C2CCNCC2)nn1. The molecule has 0 spiro atoms. The molecule has 27 heavy (non-hydrogen) atoms. The Morgan fingerprint density at radius 1 is 1.33 bits per heavy atom. The molecule has 1 aliphatic heterocycles. The molecule has 1 aromatic heterocycles. The number of halogens is 4. The lowest BCUT2D eigenvalue weighted by Gasteiger charge is -2.22. The topological polar surface area (TPSA) is 81.1 Å². The molecular weight excluding hydrogens is 370 g/mol. The normalized spacial score (nSPS) is 15.6. The van der Waals surface area contributed by atoms with Gasteiger partial charge in [0, 0.05) is 6.07 Å². The van der Waals surface area contributed by atoms with Crippen LogP contribution in [0.1, 0.15) is 29.4 Å². The Morgan fingerprint density at radius 2 is 2.07 bits per heavy atom. The lowest BCUT2D eigenvalue weighted by molar-refractivity contribution is -0.153. The third kappa shape index (κ3) is 5.16. The van der Waals surface area contributed by atoms with Crippen molar-refractivity contribution in [3.05, 3.63) is 35.9 Å². The van der Waals surface area contributed by atoms with E-state index in [-0.39, 0.29) is 17.4 Å². The van der Waals surface area contributed by atoms with Crippen LogP contribution in [0.25, 0.3) is 0 Å². The first kappa shape index (κ1) is 19.1. The minimum Gasteiger partial charge on any atom is -0.482 e. The molecule has 7 nitrogen and oxygen atoms in total. The van der Waals surface area contributed by atoms with Gasteiger partial charge in [0.05, 0.1) is 17.9 Å². The molecule has 0 bridgehead atoms. The molecule has 1 aliphatic rings. The molecule has 0 aliphatic carbocycles. The summed E-state index contributed by atoms with van der Waals surface area (Å²) in [6.45, 7) is 0.0638. The molecule has 0 unspecified atom stereocenters. The smallest absolute Gasteiger partial charge is 0.422 e. The fourth-order valence-corrected chi connectivity index (χ4v) is 2.70. The van der Waals surface area contributed by atoms with Crippen LogP contribution in [0.5, 0.6) is 5.75 Å². The van der Waals surface area contributed by atoms with Crippen molar-refractivity contribution in [3.63, 3.8) is 0 Å². The van der Waals surface area contributed by atoms with Gasteiger partial charge in [-0.25, -0.2) is 9.07 Å². The molecule has 0 atom stereocenters. The van der Waals surface area contributed by atoms with Gasteiger partial charge in [-0.05, 0) is 38.1 Å². The number of hydrogen-bond donors (Lipinski definition) is 2. The minimum absolute atomic E-state index is 0.000343. The molecule has 1 saturated heterocycles. The predicted molar refractivity (Wildman–Crippen MR) is 87.1 cm³/mol. The van der Waals surface area contributed by atoms with Gasteiger partial charge >= 0.3 is 6.18 Å². The second-order valence-electron chi connectivity index (χ2n) is 6.06. The van der Waals surface area contributed by atoms with E-state index < -0.39 is 30.3 Å². The second-order valence-corrected chi connectivity index (χ2v) is 6.06. The van der Waals surface area contributed by atoms with Gasteiger partial charge in [0.2, 0.25) is 0 Å². The molecule has 1 amide bonds. The summed E-state index contributed by atoms with van der Waals surface area (Å²) in [6.07, 6.45) is -1.42. The molecule has 2 heterocycles. The van der Waals surface area contributed by atoms with Crippen LogP contribution in [0.2, 0.25) is 0 Å². The third-order valence-corrected chi connectivity index (χ3v) is 4.01. The average Bonchev–Trinajstić information content (AvgIpc) is 3.12. The van der Waals surface area contributed by atoms with Crippen molar-refractivity contribution in [1.82, 2.24) is 20.3 Å². The van der Waals surface area contributed by atoms with Crippen molar-refractivity contribution in [2.45, 2.75) is 25.1 Å². The van der Waals surface area contributed by atoms with Crippen LogP contribution in [0, 0.1) is 5.82 Å². The van der Waals surface area contributed by atoms with Crippen molar-refractivity contribution in [2.75, 3.05) is 25.0 Å². The number of ether oxygens (including phenoxy) is 1. The van der Waals surface area contributed by atoms with Crippen molar-refractivity contribution in [3.8, 4) is 5.75 Å². The molecule has 3 rings (SSSR count). The first-order valence-corrected chi connectivity index (χ1v) is 8.25. The Kier molecular flexibility index (Phi) is 5.59. The lowest BCUT2D eigenvalue weighted by atomic mass is 10.1. The van der Waals surface area contributed by atoms with E-state index in [4.69, 9.17) is 0 Å². The van der Waals surface area contributed by atoms with E-state index in [9.17, 15) is 22.4 Å². The quantitative estimate of drug-likeness (QED) is 0.771. The number of hydrogen-bond acceptors (Lipinski definition) is 5. The highest BCUT2D eigenvalue weighted by atomic mass is 19.4. The number of carbonyl (C=O) groups is 1. The Balaban J connectivity index is 1.71. The number of nitrogens with zero attached hydrogens (tertiary/aromatic N) is 3. The Labute approximate surface area is 151 Å². The van der Waals surface area contributed by atoms with Crippen molar-refractivity contribution in [2.24, 2.45) is 0 Å². The van der Waals surface area contributed by atoms with Gasteiger partial charge in [0.1, 0.15) is 11.6 Å². The highest BCUT2D eigenvalue weighted by Crippen LogP contribution is 2.28. The van der Waals surface area contributed by atoms with E-state index in [2.05, 4.69) is 25.7 Å². The van der Waals surface area contributed by atoms with Crippen LogP contribution >= 0.6 is 0 Å². The minimum atomic E-state index is -4.59. The molecule has 1 aromatic carbocycles. The van der Waals surface area contributed by atoms with Crippen molar-refractivity contribution < 1.29 is 27.1 Å². The van der Waals surface area contributed by atoms with Gasteiger partial charge < -0.3 is 15.4 Å². The van der Waals surface area contributed by atoms with Crippen molar-refractivity contribution >= 4 is 11.6 Å². The number of rotatable bonds is 5. The molecule has 2 N–H and O–H groups in total. The van der Waals surface area contributed by atoms with Crippen LogP contribution in [0.15, 0.2) is 24.4 Å². The van der Waals surface area contributed by atoms with E-state index >= 15 is 0 Å². The highest BCUT2D eigenvalue weighted by Gasteiger charge is 2.29. The Hall–Kier alpha value is -2.69. The number of amides is 1. The summed E-state index contributed by atoms with van der Waals surface area (Å²) in [5.74, 6) is -1.90. The molecule has 0 saturated carbocycles. The average molecular weight is 387 g/mol. The number of carbonyl (C=O) groups excluding carboxylic acids is 1. The summed E-state index contributed by atoms with van der Waals surface area (Å²) >= 11 is 0. The van der Waals surface area contributed by atoms with Gasteiger partial charge in [-0.1, -0.05) is 5.21 Å². The summed E-state index contributed by atoms with van der Waals surface area (Å²) in [7, 11) is 0. The molecule has 1 fully saturated rings. The van der Waals surface area contributed by atoms with Gasteiger partial charge in [0.25, 0.3) is 5.91 Å². The van der Waals surface area contributed by atoms with Crippen LogP contribution in [0.3, 0.4) is 0 Å². The summed E-state index contributed by atoms with van der Waals surface area (Å²) in [5, 5.41) is 13.3. The maximum absolute atomic E-state index is 13.3. The first-order chi connectivity index (χ1) is 12.8. The number of nitrogens with one attached hydrogen (secondary N) is 2. The standard InChI is InChI=1S/C16H17F4N5O2/c17-10-1-2-12(14(7-10)27-9-16(18,19)20)22-15(26)13-8-25(24-23-13)11-3-5-21-6-4-11/h1-2,7-8,11,21H,3-6,9H2,(H,22,26). The number of benzene rings is 1. The van der Waals surface area contributed by atoms with Crippen LogP contribution in [-0.2, 0) is 0 Å². The summed E-state index contributed by atoms with van der Waals surface area (Å²) in [6, 6.07) is 3.02. The molecular formula is C16H17F4N5O2. The maximum atomic E-state index is 13.3. The summed E-state index contributed by atoms with van der Waals surface area (Å²) < 4.78 is 56.6. The number of piperidine rings is 1. The summed E-state index contributed by atoms with van der Waals surface area (Å²) in [4.78, 5) is 12.3. The van der Waals surface area contributed by atoms with E-state index in [1.165, 1.54) is 6.20 Å². The van der Waals surface area contributed by atoms with Crippen LogP contribution in [0.4, 0.5) is 23.2 Å². The van der Waals surface area contributed by atoms with Gasteiger partial charge in [0.15, 0.2) is 12.3 Å². The van der Waals surface area contributed by atoms with Gasteiger partial charge in [-0.15, -0.1) is 5.10 Å². The first-order valence-electron chi connectivity index (χ1n) is 8.25. The molecule has 0 radical (unpaired) electrons. The zero-order valence-corrected chi connectivity index (χ0v) is 14.1. The van der Waals surface area contributed by atoms with Crippen molar-refractivity contribution in [1.29, 1.82) is 0 Å². The van der Waals surface area contributed by atoms with E-state index in [1.54, 1.807) is 4.68 Å². The zero-order valence-electron chi connectivity index (χ0n) is 14.1. The maximum Gasteiger partial charge on any atom is 0.422 e. The zero-order chi connectivity index (χ0) is 19.4. The number of aromatic nitrogens is 3. The number of alkyl halides is 3. The van der Waals surface area contributed by atoms with Crippen LogP contribution < -0.4 is 15.4 Å². The fourth-order valence-electron chi connectivity index (χ4n) is 2.70.